The highest BCUT2D eigenvalue weighted by atomic mass is 16.5. The van der Waals surface area contributed by atoms with E-state index in [0.717, 1.165) is 11.5 Å². The zero-order valence-corrected chi connectivity index (χ0v) is 16.6. The van der Waals surface area contributed by atoms with Crippen molar-refractivity contribution in [2.24, 2.45) is 0 Å². The van der Waals surface area contributed by atoms with E-state index in [1.807, 2.05) is 31.5 Å². The minimum atomic E-state index is -0.0738. The molecular formula is C20H26N4O4. The first-order valence-electron chi connectivity index (χ1n) is 9.77. The number of hydrogen-bond donors (Lipinski definition) is 0. The smallest absolute Gasteiger partial charge is 0.274 e. The highest BCUT2D eigenvalue weighted by Crippen LogP contribution is 2.24. The summed E-state index contributed by atoms with van der Waals surface area (Å²) in [5.74, 6) is 1.59. The van der Waals surface area contributed by atoms with E-state index in [2.05, 4.69) is 5.10 Å². The number of furan rings is 1. The molecule has 8 heteroatoms. The molecule has 2 aliphatic heterocycles. The summed E-state index contributed by atoms with van der Waals surface area (Å²) in [5, 5.41) is 4.47. The SMILES string of the molecule is Cc1oc(C(C)C)cc1C(=O)N1CCn2nc(C(=O)N3CCOCC3)cc2C1. The quantitative estimate of drug-likeness (QED) is 0.806. The molecule has 0 spiro atoms. The van der Waals surface area contributed by atoms with Gasteiger partial charge in [0.2, 0.25) is 0 Å². The zero-order chi connectivity index (χ0) is 19.8. The van der Waals surface area contributed by atoms with Crippen molar-refractivity contribution in [3.05, 3.63) is 40.6 Å². The molecule has 2 amide bonds. The predicted molar refractivity (Wildman–Crippen MR) is 101 cm³/mol. The molecule has 1 saturated heterocycles. The first kappa shape index (κ1) is 18.7. The Morgan fingerprint density at radius 2 is 1.79 bits per heavy atom. The van der Waals surface area contributed by atoms with E-state index in [1.54, 1.807) is 15.9 Å². The molecule has 150 valence electrons. The molecule has 2 aliphatic rings. The van der Waals surface area contributed by atoms with Crippen molar-refractivity contribution in [2.75, 3.05) is 32.8 Å². The summed E-state index contributed by atoms with van der Waals surface area (Å²) in [6, 6.07) is 3.65. The van der Waals surface area contributed by atoms with E-state index < -0.39 is 0 Å². The van der Waals surface area contributed by atoms with Gasteiger partial charge in [-0.1, -0.05) is 13.8 Å². The van der Waals surface area contributed by atoms with Gasteiger partial charge in [-0.15, -0.1) is 0 Å². The van der Waals surface area contributed by atoms with Crippen LogP contribution in [0, 0.1) is 6.92 Å². The Kier molecular flexibility index (Phi) is 4.97. The van der Waals surface area contributed by atoms with Crippen LogP contribution in [-0.2, 0) is 17.8 Å². The van der Waals surface area contributed by atoms with Gasteiger partial charge >= 0.3 is 0 Å². The Hall–Kier alpha value is -2.61. The third kappa shape index (κ3) is 3.44. The third-order valence-electron chi connectivity index (χ3n) is 5.34. The van der Waals surface area contributed by atoms with Crippen LogP contribution >= 0.6 is 0 Å². The molecule has 0 aliphatic carbocycles. The summed E-state index contributed by atoms with van der Waals surface area (Å²) in [6.07, 6.45) is 0. The van der Waals surface area contributed by atoms with E-state index in [4.69, 9.17) is 9.15 Å². The molecule has 1 fully saturated rings. The van der Waals surface area contributed by atoms with Crippen molar-refractivity contribution >= 4 is 11.8 Å². The standard InChI is InChI=1S/C20H26N4O4/c1-13(2)18-11-16(14(3)28-18)19(25)23-4-5-24-15(12-23)10-17(21-24)20(26)22-6-8-27-9-7-22/h10-11,13H,4-9,12H2,1-3H3. The number of rotatable bonds is 3. The van der Waals surface area contributed by atoms with Crippen LogP contribution in [0.4, 0.5) is 0 Å². The van der Waals surface area contributed by atoms with Gasteiger partial charge in [0.25, 0.3) is 11.8 Å². The van der Waals surface area contributed by atoms with Crippen molar-refractivity contribution in [3.8, 4) is 0 Å². The van der Waals surface area contributed by atoms with Crippen LogP contribution in [0.3, 0.4) is 0 Å². The van der Waals surface area contributed by atoms with Gasteiger partial charge in [-0.2, -0.15) is 5.10 Å². The summed E-state index contributed by atoms with van der Waals surface area (Å²) in [7, 11) is 0. The number of amides is 2. The van der Waals surface area contributed by atoms with Crippen molar-refractivity contribution < 1.29 is 18.7 Å². The number of fused-ring (bicyclic) bond motifs is 1. The fourth-order valence-electron chi connectivity index (χ4n) is 3.64. The molecule has 4 heterocycles. The summed E-state index contributed by atoms with van der Waals surface area (Å²) in [6.45, 7) is 9.77. The van der Waals surface area contributed by atoms with Crippen LogP contribution in [-0.4, -0.2) is 64.2 Å². The number of aromatic nitrogens is 2. The molecule has 4 rings (SSSR count). The van der Waals surface area contributed by atoms with Crippen LogP contribution < -0.4 is 0 Å². The van der Waals surface area contributed by atoms with Crippen LogP contribution in [0.25, 0.3) is 0 Å². The number of carbonyl (C=O) groups is 2. The topological polar surface area (TPSA) is 80.8 Å². The average Bonchev–Trinajstić information content (AvgIpc) is 3.30. The first-order valence-corrected chi connectivity index (χ1v) is 9.77. The van der Waals surface area contributed by atoms with Gasteiger partial charge in [-0.3, -0.25) is 14.3 Å². The van der Waals surface area contributed by atoms with Gasteiger partial charge < -0.3 is 19.0 Å². The van der Waals surface area contributed by atoms with E-state index in [-0.39, 0.29) is 17.7 Å². The molecule has 2 aromatic rings. The lowest BCUT2D eigenvalue weighted by Gasteiger charge is -2.27. The second-order valence-electron chi connectivity index (χ2n) is 7.65. The fraction of sp³-hybridized carbons (Fsp3) is 0.550. The number of aryl methyl sites for hydroxylation is 1. The Balaban J connectivity index is 1.49. The molecule has 0 aromatic carbocycles. The number of nitrogens with zero attached hydrogens (tertiary/aromatic N) is 4. The highest BCUT2D eigenvalue weighted by Gasteiger charge is 2.28. The van der Waals surface area contributed by atoms with E-state index >= 15 is 0 Å². The molecule has 0 radical (unpaired) electrons. The predicted octanol–water partition coefficient (Wildman–Crippen LogP) is 2.04. The van der Waals surface area contributed by atoms with Gasteiger partial charge in [-0.25, -0.2) is 0 Å². The monoisotopic (exact) mass is 386 g/mol. The number of hydrogen-bond acceptors (Lipinski definition) is 5. The molecule has 2 aromatic heterocycles. The minimum absolute atomic E-state index is 0.0401. The molecule has 0 saturated carbocycles. The van der Waals surface area contributed by atoms with E-state index in [9.17, 15) is 9.59 Å². The Labute approximate surface area is 164 Å². The number of carbonyl (C=O) groups excluding carboxylic acids is 2. The van der Waals surface area contributed by atoms with Crippen LogP contribution in [0.1, 0.15) is 57.8 Å². The summed E-state index contributed by atoms with van der Waals surface area (Å²) in [5.41, 5.74) is 1.93. The van der Waals surface area contributed by atoms with Crippen LogP contribution in [0.15, 0.2) is 16.5 Å². The molecule has 28 heavy (non-hydrogen) atoms. The zero-order valence-electron chi connectivity index (χ0n) is 16.6. The van der Waals surface area contributed by atoms with Gasteiger partial charge in [0.05, 0.1) is 37.6 Å². The highest BCUT2D eigenvalue weighted by molar-refractivity contribution is 5.95. The lowest BCUT2D eigenvalue weighted by molar-refractivity contribution is 0.0298. The van der Waals surface area contributed by atoms with Crippen LogP contribution in [0.5, 0.6) is 0 Å². The minimum Gasteiger partial charge on any atom is -0.465 e. The third-order valence-corrected chi connectivity index (χ3v) is 5.34. The van der Waals surface area contributed by atoms with Crippen molar-refractivity contribution in [3.63, 3.8) is 0 Å². The summed E-state index contributed by atoms with van der Waals surface area (Å²) < 4.78 is 12.9. The maximum absolute atomic E-state index is 13.0. The normalized spacial score (nSPS) is 17.1. The maximum Gasteiger partial charge on any atom is 0.274 e. The Bertz CT molecular complexity index is 892. The van der Waals surface area contributed by atoms with Crippen molar-refractivity contribution in [1.29, 1.82) is 0 Å². The molecule has 0 atom stereocenters. The maximum atomic E-state index is 13.0. The summed E-state index contributed by atoms with van der Waals surface area (Å²) in [4.78, 5) is 29.2. The van der Waals surface area contributed by atoms with E-state index in [0.29, 0.717) is 63.0 Å². The molecule has 0 bridgehead atoms. The number of ether oxygens (including phenoxy) is 1. The Morgan fingerprint density at radius 3 is 2.46 bits per heavy atom. The lowest BCUT2D eigenvalue weighted by Crippen LogP contribution is -2.41. The number of morpholine rings is 1. The van der Waals surface area contributed by atoms with Gasteiger partial charge in [0.1, 0.15) is 11.5 Å². The molecule has 8 nitrogen and oxygen atoms in total. The first-order chi connectivity index (χ1) is 13.4. The Morgan fingerprint density at radius 1 is 1.04 bits per heavy atom. The second kappa shape index (κ2) is 7.43. The van der Waals surface area contributed by atoms with Crippen LogP contribution in [0.2, 0.25) is 0 Å². The van der Waals surface area contributed by atoms with Gasteiger partial charge in [-0.05, 0) is 19.1 Å². The van der Waals surface area contributed by atoms with Crippen molar-refractivity contribution in [2.45, 2.75) is 39.8 Å². The molecular weight excluding hydrogens is 360 g/mol. The fourth-order valence-corrected chi connectivity index (χ4v) is 3.64. The molecule has 0 N–H and O–H groups in total. The van der Waals surface area contributed by atoms with E-state index in [1.165, 1.54) is 0 Å². The largest absolute Gasteiger partial charge is 0.465 e. The average molecular weight is 386 g/mol. The lowest BCUT2D eigenvalue weighted by atomic mass is 10.1. The van der Waals surface area contributed by atoms with Gasteiger partial charge in [0.15, 0.2) is 5.69 Å². The molecule has 0 unspecified atom stereocenters. The summed E-state index contributed by atoms with van der Waals surface area (Å²) >= 11 is 0. The van der Waals surface area contributed by atoms with Crippen molar-refractivity contribution in [1.82, 2.24) is 19.6 Å². The second-order valence-corrected chi connectivity index (χ2v) is 7.65. The van der Waals surface area contributed by atoms with Gasteiger partial charge in [0, 0.05) is 25.6 Å².